The molecule has 1 aromatic carbocycles. The van der Waals surface area contributed by atoms with Gasteiger partial charge in [0.15, 0.2) is 0 Å². The van der Waals surface area contributed by atoms with Gasteiger partial charge in [-0.15, -0.1) is 0 Å². The fourth-order valence-electron chi connectivity index (χ4n) is 3.18. The van der Waals surface area contributed by atoms with E-state index in [1.165, 1.54) is 18.5 Å². The van der Waals surface area contributed by atoms with Gasteiger partial charge < -0.3 is 4.90 Å². The van der Waals surface area contributed by atoms with Gasteiger partial charge in [0.25, 0.3) is 0 Å². The van der Waals surface area contributed by atoms with Crippen LogP contribution in [0.3, 0.4) is 0 Å². The molecule has 1 aliphatic carbocycles. The van der Waals surface area contributed by atoms with Crippen molar-refractivity contribution in [3.05, 3.63) is 30.3 Å². The Balaban J connectivity index is 1.49. The second-order valence-corrected chi connectivity index (χ2v) is 8.47. The van der Waals surface area contributed by atoms with Crippen molar-refractivity contribution in [3.8, 4) is 0 Å². The van der Waals surface area contributed by atoms with E-state index in [4.69, 9.17) is 0 Å². The number of halogens is 1. The molecule has 24 heavy (non-hydrogen) atoms. The quantitative estimate of drug-likeness (QED) is 0.910. The van der Waals surface area contributed by atoms with Crippen LogP contribution in [0.2, 0.25) is 0 Å². The first-order chi connectivity index (χ1) is 11.5. The molecule has 2 aliphatic rings. The lowest BCUT2D eigenvalue weighted by Crippen LogP contribution is -2.45. The van der Waals surface area contributed by atoms with Crippen molar-refractivity contribution in [1.82, 2.24) is 14.7 Å². The van der Waals surface area contributed by atoms with Crippen molar-refractivity contribution in [3.63, 3.8) is 0 Å². The monoisotopic (exact) mass is 350 g/mol. The Bertz CT molecular complexity index is 862. The van der Waals surface area contributed by atoms with Crippen LogP contribution in [0.5, 0.6) is 0 Å². The van der Waals surface area contributed by atoms with Crippen LogP contribution in [0.25, 0.3) is 10.9 Å². The standard InChI is InChI=1S/C16H19FN4O2S/c17-11-1-4-15-14(9-11)16(19-10-18-15)21-7-5-12(6-8-21)20-24(22,23)13-2-3-13/h1,4,9-10,12-13,20H,2-3,5-8H2. The van der Waals surface area contributed by atoms with Gasteiger partial charge in [-0.3, -0.25) is 0 Å². The van der Waals surface area contributed by atoms with E-state index in [1.807, 2.05) is 0 Å². The van der Waals surface area contributed by atoms with Gasteiger partial charge in [-0.2, -0.15) is 0 Å². The van der Waals surface area contributed by atoms with Crippen molar-refractivity contribution < 1.29 is 12.8 Å². The number of benzene rings is 1. The van der Waals surface area contributed by atoms with Crippen molar-refractivity contribution >= 4 is 26.7 Å². The third kappa shape index (κ3) is 3.08. The summed E-state index contributed by atoms with van der Waals surface area (Å²) in [7, 11) is -3.15. The number of aromatic nitrogens is 2. The second-order valence-electron chi connectivity index (χ2n) is 6.48. The zero-order valence-corrected chi connectivity index (χ0v) is 14.0. The van der Waals surface area contributed by atoms with Gasteiger partial charge in [0.05, 0.1) is 10.8 Å². The van der Waals surface area contributed by atoms with E-state index in [1.54, 1.807) is 6.07 Å². The van der Waals surface area contributed by atoms with Gasteiger partial charge in [0.1, 0.15) is 18.0 Å². The summed E-state index contributed by atoms with van der Waals surface area (Å²) in [5.41, 5.74) is 0.706. The van der Waals surface area contributed by atoms with Crippen molar-refractivity contribution in [2.24, 2.45) is 0 Å². The number of anilines is 1. The van der Waals surface area contributed by atoms with E-state index in [0.717, 1.165) is 12.8 Å². The average molecular weight is 350 g/mol. The summed E-state index contributed by atoms with van der Waals surface area (Å²) >= 11 is 0. The maximum Gasteiger partial charge on any atom is 0.214 e. The maximum absolute atomic E-state index is 13.6. The minimum absolute atomic E-state index is 0.0308. The number of hydrogen-bond acceptors (Lipinski definition) is 5. The van der Waals surface area contributed by atoms with Crippen molar-refractivity contribution in [2.45, 2.75) is 37.0 Å². The van der Waals surface area contributed by atoms with Crippen LogP contribution in [-0.4, -0.2) is 42.8 Å². The molecule has 6 nitrogen and oxygen atoms in total. The van der Waals surface area contributed by atoms with E-state index in [0.29, 0.717) is 42.7 Å². The highest BCUT2D eigenvalue weighted by Gasteiger charge is 2.37. The van der Waals surface area contributed by atoms with Crippen LogP contribution < -0.4 is 9.62 Å². The molecule has 128 valence electrons. The lowest BCUT2D eigenvalue weighted by Gasteiger charge is -2.33. The summed E-state index contributed by atoms with van der Waals surface area (Å²) in [6, 6.07) is 4.45. The van der Waals surface area contributed by atoms with Gasteiger partial charge in [0.2, 0.25) is 10.0 Å². The van der Waals surface area contributed by atoms with Gasteiger partial charge in [-0.1, -0.05) is 0 Å². The molecule has 8 heteroatoms. The maximum atomic E-state index is 13.6. The first-order valence-corrected chi connectivity index (χ1v) is 9.74. The van der Waals surface area contributed by atoms with Gasteiger partial charge in [-0.25, -0.2) is 27.5 Å². The Labute approximate surface area is 140 Å². The molecular weight excluding hydrogens is 331 g/mol. The van der Waals surface area contributed by atoms with E-state index in [-0.39, 0.29) is 17.1 Å². The molecule has 2 fully saturated rings. The Morgan fingerprint density at radius 1 is 1.12 bits per heavy atom. The fourth-order valence-corrected chi connectivity index (χ4v) is 4.83. The molecule has 0 spiro atoms. The third-order valence-corrected chi connectivity index (χ3v) is 6.68. The molecule has 0 atom stereocenters. The molecule has 1 N–H and O–H groups in total. The molecule has 1 aliphatic heterocycles. The summed E-state index contributed by atoms with van der Waals surface area (Å²) < 4.78 is 40.5. The number of piperidine rings is 1. The van der Waals surface area contributed by atoms with E-state index < -0.39 is 10.0 Å². The molecule has 2 aromatic rings. The van der Waals surface area contributed by atoms with Crippen molar-refractivity contribution in [1.29, 1.82) is 0 Å². The summed E-state index contributed by atoms with van der Waals surface area (Å²) in [4.78, 5) is 10.6. The predicted molar refractivity (Wildman–Crippen MR) is 89.8 cm³/mol. The van der Waals surface area contributed by atoms with Crippen LogP contribution in [0.1, 0.15) is 25.7 Å². The topological polar surface area (TPSA) is 75.2 Å². The molecule has 2 heterocycles. The molecule has 4 rings (SSSR count). The molecule has 1 saturated carbocycles. The smallest absolute Gasteiger partial charge is 0.214 e. The molecule has 0 unspecified atom stereocenters. The summed E-state index contributed by atoms with van der Waals surface area (Å²) in [6.07, 6.45) is 4.45. The molecule has 0 bridgehead atoms. The zero-order valence-electron chi connectivity index (χ0n) is 13.2. The first kappa shape index (κ1) is 15.7. The minimum Gasteiger partial charge on any atom is -0.356 e. The van der Waals surface area contributed by atoms with Gasteiger partial charge >= 0.3 is 0 Å². The summed E-state index contributed by atoms with van der Waals surface area (Å²) in [5, 5.41) is 0.499. The van der Waals surface area contributed by atoms with E-state index >= 15 is 0 Å². The molecule has 1 aromatic heterocycles. The van der Waals surface area contributed by atoms with Crippen molar-refractivity contribution in [2.75, 3.05) is 18.0 Å². The Kier molecular flexibility index (Phi) is 3.88. The highest BCUT2D eigenvalue weighted by molar-refractivity contribution is 7.90. The van der Waals surface area contributed by atoms with Gasteiger partial charge in [0, 0.05) is 24.5 Å². The third-order valence-electron chi connectivity index (χ3n) is 4.66. The number of rotatable bonds is 4. The van der Waals surface area contributed by atoms with Crippen LogP contribution in [0.15, 0.2) is 24.5 Å². The Morgan fingerprint density at radius 2 is 1.88 bits per heavy atom. The second kappa shape index (κ2) is 5.93. The average Bonchev–Trinajstić information content (AvgIpc) is 3.40. The Morgan fingerprint density at radius 3 is 2.58 bits per heavy atom. The molecule has 0 amide bonds. The zero-order chi connectivity index (χ0) is 16.7. The summed E-state index contributed by atoms with van der Waals surface area (Å²) in [5.74, 6) is 0.397. The largest absolute Gasteiger partial charge is 0.356 e. The van der Waals surface area contributed by atoms with E-state index in [9.17, 15) is 12.8 Å². The minimum atomic E-state index is -3.15. The lowest BCUT2D eigenvalue weighted by atomic mass is 10.1. The summed E-state index contributed by atoms with van der Waals surface area (Å²) in [6.45, 7) is 1.36. The first-order valence-electron chi connectivity index (χ1n) is 8.19. The molecular formula is C16H19FN4O2S. The van der Waals surface area contributed by atoms with Crippen LogP contribution >= 0.6 is 0 Å². The Hall–Kier alpha value is -1.80. The fraction of sp³-hybridized carbons (Fsp3) is 0.500. The molecule has 0 radical (unpaired) electrons. The van der Waals surface area contributed by atoms with Crippen LogP contribution in [0, 0.1) is 5.82 Å². The predicted octanol–water partition coefficient (Wildman–Crippen LogP) is 1.82. The number of sulfonamides is 1. The number of fused-ring (bicyclic) bond motifs is 1. The molecule has 1 saturated heterocycles. The number of nitrogens with zero attached hydrogens (tertiary/aromatic N) is 3. The van der Waals surface area contributed by atoms with E-state index in [2.05, 4.69) is 19.6 Å². The van der Waals surface area contributed by atoms with Crippen LogP contribution in [-0.2, 0) is 10.0 Å². The highest BCUT2D eigenvalue weighted by Crippen LogP contribution is 2.29. The highest BCUT2D eigenvalue weighted by atomic mass is 32.2. The number of hydrogen-bond donors (Lipinski definition) is 1. The van der Waals surface area contributed by atoms with Gasteiger partial charge in [-0.05, 0) is 43.9 Å². The SMILES string of the molecule is O=S(=O)(NC1CCN(c2ncnc3ccc(F)cc23)CC1)C1CC1. The normalized spacial score (nSPS) is 19.8. The van der Waals surface area contributed by atoms with Crippen LogP contribution in [0.4, 0.5) is 10.2 Å². The number of nitrogens with one attached hydrogen (secondary N) is 1. The lowest BCUT2D eigenvalue weighted by molar-refractivity contribution is 0.458.